The number of carboxylic acid groups (broad SMARTS) is 1. The minimum Gasteiger partial charge on any atom is -0.478 e. The summed E-state index contributed by atoms with van der Waals surface area (Å²) in [5.74, 6) is -1.11. The Morgan fingerprint density at radius 2 is 2.44 bits per heavy atom. The van der Waals surface area contributed by atoms with Gasteiger partial charge in [0.25, 0.3) is 0 Å². The van der Waals surface area contributed by atoms with Crippen LogP contribution in [-0.4, -0.2) is 28.8 Å². The normalized spacial score (nSPS) is 10.9. The van der Waals surface area contributed by atoms with Crippen molar-refractivity contribution in [3.05, 3.63) is 41.9 Å². The number of nitrogens with zero attached hydrogens (tertiary/aromatic N) is 1. The van der Waals surface area contributed by atoms with E-state index >= 15 is 0 Å². The van der Waals surface area contributed by atoms with Crippen molar-refractivity contribution in [1.29, 1.82) is 5.41 Å². The van der Waals surface area contributed by atoms with Crippen molar-refractivity contribution < 1.29 is 9.90 Å². The van der Waals surface area contributed by atoms with Gasteiger partial charge in [0, 0.05) is 32.1 Å². The van der Waals surface area contributed by atoms with Gasteiger partial charge >= 0.3 is 5.97 Å². The van der Waals surface area contributed by atoms with Crippen molar-refractivity contribution in [2.75, 3.05) is 7.05 Å². The monoisotopic (exact) mass is 219 g/mol. The molecule has 0 aromatic carbocycles. The third kappa shape index (κ3) is 3.20. The minimum absolute atomic E-state index is 0.0358. The second-order valence-electron chi connectivity index (χ2n) is 3.17. The average molecular weight is 219 g/mol. The quantitative estimate of drug-likeness (QED) is 0.505. The van der Waals surface area contributed by atoms with E-state index in [4.69, 9.17) is 10.5 Å². The fraction of sp³-hybridized carbons (Fsp3) is 0.182. The first-order valence-corrected chi connectivity index (χ1v) is 4.72. The highest BCUT2D eigenvalue weighted by atomic mass is 16.4. The Bertz CT molecular complexity index is 412. The van der Waals surface area contributed by atoms with Gasteiger partial charge in [-0.25, -0.2) is 4.79 Å². The summed E-state index contributed by atoms with van der Waals surface area (Å²) in [5.41, 5.74) is 0.831. The lowest BCUT2D eigenvalue weighted by atomic mass is 10.0. The predicted molar refractivity (Wildman–Crippen MR) is 60.4 cm³/mol. The van der Waals surface area contributed by atoms with Crippen molar-refractivity contribution in [2.45, 2.75) is 6.42 Å². The minimum atomic E-state index is -1.11. The summed E-state index contributed by atoms with van der Waals surface area (Å²) < 4.78 is 0. The molecular weight excluding hydrogens is 206 g/mol. The molecule has 0 saturated heterocycles. The van der Waals surface area contributed by atoms with Crippen molar-refractivity contribution in [3.63, 3.8) is 0 Å². The second-order valence-corrected chi connectivity index (χ2v) is 3.17. The van der Waals surface area contributed by atoms with Crippen LogP contribution in [0.2, 0.25) is 0 Å². The molecule has 3 N–H and O–H groups in total. The lowest BCUT2D eigenvalue weighted by molar-refractivity contribution is -0.132. The van der Waals surface area contributed by atoms with Gasteiger partial charge in [-0.3, -0.25) is 4.98 Å². The Labute approximate surface area is 93.3 Å². The standard InChI is InChI=1S/C11H13N3O2/c1-13-7-9(11(15)16)10(12)5-8-3-2-4-14-6-8/h2-4,6-7,12-13H,5H2,1H3,(H,15,16)/b9-7+,12-10?. The topological polar surface area (TPSA) is 86.1 Å². The van der Waals surface area contributed by atoms with Gasteiger partial charge in [0.2, 0.25) is 0 Å². The van der Waals surface area contributed by atoms with Crippen LogP contribution in [-0.2, 0) is 11.2 Å². The van der Waals surface area contributed by atoms with Gasteiger partial charge in [-0.1, -0.05) is 6.07 Å². The Hall–Kier alpha value is -2.17. The molecule has 1 aromatic heterocycles. The van der Waals surface area contributed by atoms with E-state index in [9.17, 15) is 4.79 Å². The first-order valence-electron chi connectivity index (χ1n) is 4.72. The molecule has 0 aliphatic carbocycles. The summed E-state index contributed by atoms with van der Waals surface area (Å²) in [6.07, 6.45) is 4.82. The van der Waals surface area contributed by atoms with E-state index in [1.54, 1.807) is 31.6 Å². The van der Waals surface area contributed by atoms with Crippen LogP contribution in [0.3, 0.4) is 0 Å². The second kappa shape index (κ2) is 5.65. The molecule has 0 spiro atoms. The van der Waals surface area contributed by atoms with Gasteiger partial charge in [0.15, 0.2) is 0 Å². The van der Waals surface area contributed by atoms with Crippen LogP contribution in [0.5, 0.6) is 0 Å². The zero-order chi connectivity index (χ0) is 12.0. The SMILES string of the molecule is CN/C=C(\C(=N)Cc1cccnc1)C(=O)O. The molecule has 5 heteroatoms. The Kier molecular flexibility index (Phi) is 4.20. The molecular formula is C11H13N3O2. The van der Waals surface area contributed by atoms with Crippen molar-refractivity contribution >= 4 is 11.7 Å². The molecule has 1 heterocycles. The van der Waals surface area contributed by atoms with Gasteiger partial charge in [-0.2, -0.15) is 0 Å². The van der Waals surface area contributed by atoms with E-state index in [1.807, 2.05) is 0 Å². The zero-order valence-corrected chi connectivity index (χ0v) is 8.90. The molecule has 84 valence electrons. The van der Waals surface area contributed by atoms with Gasteiger partial charge in [-0.15, -0.1) is 0 Å². The highest BCUT2D eigenvalue weighted by molar-refractivity contribution is 6.18. The zero-order valence-electron chi connectivity index (χ0n) is 8.90. The Morgan fingerprint density at radius 3 is 2.94 bits per heavy atom. The molecule has 0 bridgehead atoms. The summed E-state index contributed by atoms with van der Waals surface area (Å²) in [6.45, 7) is 0. The first-order chi connectivity index (χ1) is 7.65. The molecule has 0 unspecified atom stereocenters. The summed E-state index contributed by atoms with van der Waals surface area (Å²) in [7, 11) is 1.60. The molecule has 0 radical (unpaired) electrons. The van der Waals surface area contributed by atoms with E-state index in [2.05, 4.69) is 10.3 Å². The molecule has 0 atom stereocenters. The smallest absolute Gasteiger partial charge is 0.339 e. The van der Waals surface area contributed by atoms with Crippen LogP contribution in [0.15, 0.2) is 36.3 Å². The van der Waals surface area contributed by atoms with Crippen LogP contribution in [0.25, 0.3) is 0 Å². The highest BCUT2D eigenvalue weighted by Gasteiger charge is 2.13. The number of carbonyl (C=O) groups is 1. The highest BCUT2D eigenvalue weighted by Crippen LogP contribution is 2.04. The van der Waals surface area contributed by atoms with Gasteiger partial charge in [-0.05, 0) is 11.6 Å². The molecule has 16 heavy (non-hydrogen) atoms. The lowest BCUT2D eigenvalue weighted by Gasteiger charge is -2.04. The maximum Gasteiger partial charge on any atom is 0.339 e. The number of aromatic nitrogens is 1. The van der Waals surface area contributed by atoms with Crippen LogP contribution >= 0.6 is 0 Å². The number of carboxylic acids is 1. The number of nitrogens with one attached hydrogen (secondary N) is 2. The molecule has 0 aliphatic rings. The Morgan fingerprint density at radius 1 is 1.69 bits per heavy atom. The number of rotatable bonds is 5. The van der Waals surface area contributed by atoms with Crippen LogP contribution in [0.1, 0.15) is 5.56 Å². The number of aliphatic carboxylic acids is 1. The largest absolute Gasteiger partial charge is 0.478 e. The molecule has 5 nitrogen and oxygen atoms in total. The predicted octanol–water partition coefficient (Wildman–Crippen LogP) is 0.832. The molecule has 1 rings (SSSR count). The van der Waals surface area contributed by atoms with Crippen molar-refractivity contribution in [3.8, 4) is 0 Å². The third-order valence-corrected chi connectivity index (χ3v) is 1.95. The maximum atomic E-state index is 10.9. The number of pyridine rings is 1. The molecule has 0 fully saturated rings. The number of hydrogen-bond donors (Lipinski definition) is 3. The van der Waals surface area contributed by atoms with Crippen LogP contribution in [0, 0.1) is 5.41 Å². The molecule has 1 aromatic rings. The first kappa shape index (κ1) is 11.9. The van der Waals surface area contributed by atoms with E-state index < -0.39 is 5.97 Å². The number of hydrogen-bond acceptors (Lipinski definition) is 4. The third-order valence-electron chi connectivity index (χ3n) is 1.95. The van der Waals surface area contributed by atoms with E-state index in [-0.39, 0.29) is 17.7 Å². The van der Waals surface area contributed by atoms with Crippen LogP contribution < -0.4 is 5.32 Å². The fourth-order valence-corrected chi connectivity index (χ4v) is 1.22. The molecule has 0 aliphatic heterocycles. The van der Waals surface area contributed by atoms with E-state index in [0.29, 0.717) is 0 Å². The van der Waals surface area contributed by atoms with Gasteiger partial charge in [0.1, 0.15) is 0 Å². The maximum absolute atomic E-state index is 10.9. The Balaban J connectivity index is 2.78. The average Bonchev–Trinajstić information content (AvgIpc) is 2.26. The molecule has 0 saturated carbocycles. The van der Waals surface area contributed by atoms with Crippen molar-refractivity contribution in [1.82, 2.24) is 10.3 Å². The lowest BCUT2D eigenvalue weighted by Crippen LogP contribution is -2.16. The van der Waals surface area contributed by atoms with E-state index in [1.165, 1.54) is 6.20 Å². The van der Waals surface area contributed by atoms with Crippen molar-refractivity contribution in [2.24, 2.45) is 0 Å². The molecule has 0 amide bonds. The summed E-state index contributed by atoms with van der Waals surface area (Å²) in [5, 5.41) is 19.2. The van der Waals surface area contributed by atoms with Gasteiger partial charge in [0.05, 0.1) is 11.3 Å². The summed E-state index contributed by atoms with van der Waals surface area (Å²) >= 11 is 0. The van der Waals surface area contributed by atoms with Crippen LogP contribution in [0.4, 0.5) is 0 Å². The summed E-state index contributed by atoms with van der Waals surface area (Å²) in [4.78, 5) is 14.8. The fourth-order valence-electron chi connectivity index (χ4n) is 1.22. The summed E-state index contributed by atoms with van der Waals surface area (Å²) in [6, 6.07) is 3.56. The van der Waals surface area contributed by atoms with Gasteiger partial charge < -0.3 is 15.8 Å². The van der Waals surface area contributed by atoms with E-state index in [0.717, 1.165) is 5.56 Å².